The van der Waals surface area contributed by atoms with Crippen LogP contribution in [0.4, 0.5) is 4.39 Å². The fraction of sp³-hybridized carbons (Fsp3) is 0.176. The first-order valence-corrected chi connectivity index (χ1v) is 7.80. The SMILES string of the molecule is CCCc1ccncc1-c1nc(-c2ccc(F)cc2)cs1. The molecule has 2 aromatic heterocycles. The van der Waals surface area contributed by atoms with Crippen LogP contribution in [0.15, 0.2) is 48.1 Å². The lowest BCUT2D eigenvalue weighted by Gasteiger charge is -2.04. The van der Waals surface area contributed by atoms with E-state index in [9.17, 15) is 4.39 Å². The molecule has 0 atom stereocenters. The van der Waals surface area contributed by atoms with Gasteiger partial charge in [0.25, 0.3) is 0 Å². The topological polar surface area (TPSA) is 25.8 Å². The maximum Gasteiger partial charge on any atom is 0.125 e. The maximum absolute atomic E-state index is 13.0. The Kier molecular flexibility index (Phi) is 4.06. The normalized spacial score (nSPS) is 10.8. The first kappa shape index (κ1) is 13.9. The largest absolute Gasteiger partial charge is 0.264 e. The van der Waals surface area contributed by atoms with E-state index in [0.29, 0.717) is 0 Å². The zero-order valence-corrected chi connectivity index (χ0v) is 12.5. The van der Waals surface area contributed by atoms with E-state index in [2.05, 4.69) is 23.0 Å². The zero-order valence-electron chi connectivity index (χ0n) is 11.7. The van der Waals surface area contributed by atoms with Gasteiger partial charge in [-0.15, -0.1) is 11.3 Å². The van der Waals surface area contributed by atoms with E-state index in [1.165, 1.54) is 17.7 Å². The Hall–Kier alpha value is -2.07. The molecule has 21 heavy (non-hydrogen) atoms. The minimum Gasteiger partial charge on any atom is -0.264 e. The fourth-order valence-corrected chi connectivity index (χ4v) is 3.13. The highest BCUT2D eigenvalue weighted by Crippen LogP contribution is 2.31. The molecule has 4 heteroatoms. The predicted molar refractivity (Wildman–Crippen MR) is 84.7 cm³/mol. The molecule has 2 heterocycles. The van der Waals surface area contributed by atoms with E-state index < -0.39 is 0 Å². The van der Waals surface area contributed by atoms with Crippen molar-refractivity contribution in [3.63, 3.8) is 0 Å². The molecular weight excluding hydrogens is 283 g/mol. The van der Waals surface area contributed by atoms with E-state index in [4.69, 9.17) is 0 Å². The number of rotatable bonds is 4. The van der Waals surface area contributed by atoms with Gasteiger partial charge >= 0.3 is 0 Å². The Morgan fingerprint density at radius 1 is 1.14 bits per heavy atom. The third-order valence-corrected chi connectivity index (χ3v) is 4.18. The highest BCUT2D eigenvalue weighted by molar-refractivity contribution is 7.13. The molecule has 0 aliphatic carbocycles. The molecule has 0 saturated carbocycles. The van der Waals surface area contributed by atoms with Crippen molar-refractivity contribution in [2.75, 3.05) is 0 Å². The van der Waals surface area contributed by atoms with Gasteiger partial charge in [-0.3, -0.25) is 4.98 Å². The van der Waals surface area contributed by atoms with Crippen molar-refractivity contribution < 1.29 is 4.39 Å². The van der Waals surface area contributed by atoms with Crippen LogP contribution >= 0.6 is 11.3 Å². The highest BCUT2D eigenvalue weighted by Gasteiger charge is 2.10. The van der Waals surface area contributed by atoms with Crippen molar-refractivity contribution in [2.45, 2.75) is 19.8 Å². The average molecular weight is 298 g/mol. The Labute approximate surface area is 127 Å². The van der Waals surface area contributed by atoms with Gasteiger partial charge in [0, 0.05) is 28.9 Å². The lowest BCUT2D eigenvalue weighted by molar-refractivity contribution is 0.628. The summed E-state index contributed by atoms with van der Waals surface area (Å²) in [5.41, 5.74) is 4.17. The van der Waals surface area contributed by atoms with E-state index >= 15 is 0 Å². The van der Waals surface area contributed by atoms with Crippen molar-refractivity contribution in [2.24, 2.45) is 0 Å². The molecule has 0 aliphatic heterocycles. The Morgan fingerprint density at radius 2 is 1.95 bits per heavy atom. The fourth-order valence-electron chi connectivity index (χ4n) is 2.25. The standard InChI is InChI=1S/C17H15FN2S/c1-2-3-12-8-9-19-10-15(12)17-20-16(11-21-17)13-4-6-14(18)7-5-13/h4-11H,2-3H2,1H3. The molecule has 0 radical (unpaired) electrons. The number of thiazole rings is 1. The van der Waals surface area contributed by atoms with Crippen molar-refractivity contribution in [1.82, 2.24) is 9.97 Å². The number of halogens is 1. The molecule has 0 amide bonds. The van der Waals surface area contributed by atoms with Crippen LogP contribution in [0.1, 0.15) is 18.9 Å². The maximum atomic E-state index is 13.0. The molecule has 2 nitrogen and oxygen atoms in total. The van der Waals surface area contributed by atoms with E-state index in [1.54, 1.807) is 23.5 Å². The number of benzene rings is 1. The Balaban J connectivity index is 1.97. The van der Waals surface area contributed by atoms with Crippen molar-refractivity contribution in [3.05, 3.63) is 59.5 Å². The van der Waals surface area contributed by atoms with E-state index in [-0.39, 0.29) is 5.82 Å². The quantitative estimate of drug-likeness (QED) is 0.680. The van der Waals surface area contributed by atoms with Gasteiger partial charge in [0.15, 0.2) is 0 Å². The Morgan fingerprint density at radius 3 is 2.71 bits per heavy atom. The molecule has 3 aromatic rings. The molecule has 0 aliphatic rings. The first-order valence-electron chi connectivity index (χ1n) is 6.92. The van der Waals surface area contributed by atoms with E-state index in [0.717, 1.165) is 34.7 Å². The second kappa shape index (κ2) is 6.14. The lowest BCUT2D eigenvalue weighted by atomic mass is 10.1. The summed E-state index contributed by atoms with van der Waals surface area (Å²) < 4.78 is 13.0. The van der Waals surface area contributed by atoms with Crippen LogP contribution in [0.2, 0.25) is 0 Å². The van der Waals surface area contributed by atoms with Crippen molar-refractivity contribution in [1.29, 1.82) is 0 Å². The third-order valence-electron chi connectivity index (χ3n) is 3.31. The van der Waals surface area contributed by atoms with Crippen molar-refractivity contribution >= 4 is 11.3 Å². The summed E-state index contributed by atoms with van der Waals surface area (Å²) in [5.74, 6) is -0.230. The van der Waals surface area contributed by atoms with Crippen LogP contribution in [0.3, 0.4) is 0 Å². The molecule has 0 fully saturated rings. The van der Waals surface area contributed by atoms with Crippen LogP contribution in [-0.4, -0.2) is 9.97 Å². The van der Waals surface area contributed by atoms with Gasteiger partial charge in [0.2, 0.25) is 0 Å². The third kappa shape index (κ3) is 3.00. The Bertz CT molecular complexity index is 735. The van der Waals surface area contributed by atoms with Crippen LogP contribution in [0.5, 0.6) is 0 Å². The van der Waals surface area contributed by atoms with E-state index in [1.807, 2.05) is 17.8 Å². The van der Waals surface area contributed by atoms with Crippen LogP contribution in [0.25, 0.3) is 21.8 Å². The summed E-state index contributed by atoms with van der Waals surface area (Å²) in [7, 11) is 0. The van der Waals surface area contributed by atoms with Crippen molar-refractivity contribution in [3.8, 4) is 21.8 Å². The molecule has 0 bridgehead atoms. The summed E-state index contributed by atoms with van der Waals surface area (Å²) in [5, 5.41) is 2.97. The first-order chi connectivity index (χ1) is 10.3. The minimum absolute atomic E-state index is 0.230. The summed E-state index contributed by atoms with van der Waals surface area (Å²) in [6, 6.07) is 8.48. The number of aryl methyl sites for hydroxylation is 1. The molecule has 106 valence electrons. The number of hydrogen-bond donors (Lipinski definition) is 0. The summed E-state index contributed by atoms with van der Waals surface area (Å²) in [6.07, 6.45) is 5.80. The van der Waals surface area contributed by atoms with Gasteiger partial charge in [-0.1, -0.05) is 13.3 Å². The molecule has 0 N–H and O–H groups in total. The second-order valence-electron chi connectivity index (χ2n) is 4.83. The number of pyridine rings is 1. The van der Waals surface area contributed by atoms with Crippen LogP contribution in [0, 0.1) is 5.82 Å². The zero-order chi connectivity index (χ0) is 14.7. The molecule has 0 unspecified atom stereocenters. The summed E-state index contributed by atoms with van der Waals surface area (Å²) in [4.78, 5) is 8.89. The summed E-state index contributed by atoms with van der Waals surface area (Å²) >= 11 is 1.60. The molecule has 0 saturated heterocycles. The molecular formula is C17H15FN2S. The van der Waals surface area contributed by atoms with Gasteiger partial charge in [-0.05, 0) is 42.3 Å². The second-order valence-corrected chi connectivity index (χ2v) is 5.69. The van der Waals surface area contributed by atoms with Gasteiger partial charge < -0.3 is 0 Å². The average Bonchev–Trinajstić information content (AvgIpc) is 2.99. The lowest BCUT2D eigenvalue weighted by Crippen LogP contribution is -1.90. The van der Waals surface area contributed by atoms with Gasteiger partial charge in [-0.25, -0.2) is 9.37 Å². The van der Waals surface area contributed by atoms with Crippen LogP contribution in [-0.2, 0) is 6.42 Å². The number of hydrogen-bond acceptors (Lipinski definition) is 3. The monoisotopic (exact) mass is 298 g/mol. The van der Waals surface area contributed by atoms with Crippen LogP contribution < -0.4 is 0 Å². The predicted octanol–water partition coefficient (Wildman–Crippen LogP) is 4.96. The van der Waals surface area contributed by atoms with Gasteiger partial charge in [0.1, 0.15) is 10.8 Å². The van der Waals surface area contributed by atoms with Gasteiger partial charge in [0.05, 0.1) is 5.69 Å². The minimum atomic E-state index is -0.230. The number of aromatic nitrogens is 2. The highest BCUT2D eigenvalue weighted by atomic mass is 32.1. The molecule has 0 spiro atoms. The number of nitrogens with zero attached hydrogens (tertiary/aromatic N) is 2. The summed E-state index contributed by atoms with van der Waals surface area (Å²) in [6.45, 7) is 2.16. The molecule has 1 aromatic carbocycles. The van der Waals surface area contributed by atoms with Gasteiger partial charge in [-0.2, -0.15) is 0 Å². The smallest absolute Gasteiger partial charge is 0.125 e. The molecule has 3 rings (SSSR count).